The molecule has 4 heterocycles. The van der Waals surface area contributed by atoms with Gasteiger partial charge in [-0.2, -0.15) is 19.4 Å². The maximum Gasteiger partial charge on any atom is 0.231 e. The fourth-order valence-electron chi connectivity index (χ4n) is 3.78. The van der Waals surface area contributed by atoms with E-state index in [1.54, 1.807) is 15.2 Å². The first-order valence-corrected chi connectivity index (χ1v) is 11.4. The minimum Gasteiger partial charge on any atom is -0.365 e. The molecule has 5 rings (SSSR count). The molecule has 1 atom stereocenters. The predicted molar refractivity (Wildman–Crippen MR) is 111 cm³/mol. The molecule has 0 amide bonds. The number of hydrogen-bond acceptors (Lipinski definition) is 7. The number of rotatable bonds is 6. The van der Waals surface area contributed by atoms with Gasteiger partial charge in [-0.05, 0) is 31.7 Å². The van der Waals surface area contributed by atoms with E-state index in [1.807, 2.05) is 25.5 Å². The van der Waals surface area contributed by atoms with E-state index in [2.05, 4.69) is 30.7 Å². The molecule has 1 saturated carbocycles. The molecule has 3 N–H and O–H groups in total. The van der Waals surface area contributed by atoms with Crippen LogP contribution >= 0.6 is 0 Å². The molecular weight excluding hydrogens is 392 g/mol. The zero-order valence-electron chi connectivity index (χ0n) is 16.2. The van der Waals surface area contributed by atoms with Crippen LogP contribution in [-0.4, -0.2) is 61.8 Å². The van der Waals surface area contributed by atoms with E-state index >= 15 is 0 Å². The number of piperidine rings is 1. The van der Waals surface area contributed by atoms with E-state index in [9.17, 15) is 8.42 Å². The van der Waals surface area contributed by atoms with Gasteiger partial charge < -0.3 is 15.6 Å². The summed E-state index contributed by atoms with van der Waals surface area (Å²) < 4.78 is 28.6. The summed E-state index contributed by atoms with van der Waals surface area (Å²) >= 11 is 0. The quantitative estimate of drug-likeness (QED) is 0.560. The summed E-state index contributed by atoms with van der Waals surface area (Å²) in [6.07, 6.45) is 8.69. The van der Waals surface area contributed by atoms with Crippen molar-refractivity contribution in [2.45, 2.75) is 37.0 Å². The predicted octanol–water partition coefficient (Wildman–Crippen LogP) is 1.80. The Hall–Kier alpha value is -2.66. The SMILES string of the molecule is Cn1cc(Nc2nc(N[C@@H]3CCCN(S(=O)(=O)C4CC4)C3)c3cc[nH]c3n2)cn1. The molecule has 0 spiro atoms. The van der Waals surface area contributed by atoms with Crippen LogP contribution in [0.15, 0.2) is 24.7 Å². The van der Waals surface area contributed by atoms with Crippen LogP contribution in [0.4, 0.5) is 17.5 Å². The van der Waals surface area contributed by atoms with E-state index in [-0.39, 0.29) is 11.3 Å². The molecule has 0 unspecified atom stereocenters. The largest absolute Gasteiger partial charge is 0.365 e. The monoisotopic (exact) mass is 416 g/mol. The Morgan fingerprint density at radius 3 is 2.86 bits per heavy atom. The summed E-state index contributed by atoms with van der Waals surface area (Å²) in [5.74, 6) is 1.15. The van der Waals surface area contributed by atoms with Crippen molar-refractivity contribution < 1.29 is 8.42 Å². The van der Waals surface area contributed by atoms with E-state index in [0.717, 1.165) is 36.8 Å². The topological polar surface area (TPSA) is 121 Å². The van der Waals surface area contributed by atoms with Crippen molar-refractivity contribution in [1.82, 2.24) is 29.0 Å². The molecule has 1 aliphatic carbocycles. The molecule has 11 heteroatoms. The highest BCUT2D eigenvalue weighted by atomic mass is 32.2. The Bertz CT molecular complexity index is 1130. The van der Waals surface area contributed by atoms with Gasteiger partial charge in [0.1, 0.15) is 11.5 Å². The fraction of sp³-hybridized carbons (Fsp3) is 0.500. The molecule has 2 fully saturated rings. The highest BCUT2D eigenvalue weighted by Gasteiger charge is 2.41. The van der Waals surface area contributed by atoms with Crippen molar-refractivity contribution >= 4 is 38.5 Å². The van der Waals surface area contributed by atoms with Gasteiger partial charge in [-0.25, -0.2) is 8.42 Å². The summed E-state index contributed by atoms with van der Waals surface area (Å²) in [7, 11) is -1.31. The van der Waals surface area contributed by atoms with Crippen LogP contribution in [0.1, 0.15) is 25.7 Å². The van der Waals surface area contributed by atoms with Crippen LogP contribution in [0.5, 0.6) is 0 Å². The Labute approximate surface area is 168 Å². The third kappa shape index (κ3) is 3.67. The molecule has 1 saturated heterocycles. The molecule has 154 valence electrons. The standard InChI is InChI=1S/C18H24N8O2S/c1-25-10-13(9-20-25)22-18-23-16-15(6-7-19-16)17(24-18)21-12-3-2-8-26(11-12)29(27,28)14-4-5-14/h6-7,9-10,12,14H,2-5,8,11H2,1H3,(H3,19,21,22,23,24)/t12-/m1/s1. The highest BCUT2D eigenvalue weighted by Crippen LogP contribution is 2.33. The number of aromatic amines is 1. The van der Waals surface area contributed by atoms with E-state index < -0.39 is 10.0 Å². The smallest absolute Gasteiger partial charge is 0.231 e. The number of hydrogen-bond donors (Lipinski definition) is 3. The number of sulfonamides is 1. The second-order valence-corrected chi connectivity index (χ2v) is 9.96. The normalized spacial score (nSPS) is 20.8. The number of nitrogens with one attached hydrogen (secondary N) is 3. The van der Waals surface area contributed by atoms with Crippen LogP contribution in [0.25, 0.3) is 11.0 Å². The third-order valence-electron chi connectivity index (χ3n) is 5.41. The molecule has 3 aromatic rings. The molecule has 0 radical (unpaired) electrons. The van der Waals surface area contributed by atoms with Crippen LogP contribution in [0, 0.1) is 0 Å². The zero-order chi connectivity index (χ0) is 20.0. The first-order valence-electron chi connectivity index (χ1n) is 9.85. The van der Waals surface area contributed by atoms with Crippen molar-refractivity contribution in [3.63, 3.8) is 0 Å². The number of fused-ring (bicyclic) bond motifs is 1. The average Bonchev–Trinajstić information content (AvgIpc) is 3.33. The van der Waals surface area contributed by atoms with Crippen molar-refractivity contribution in [3.8, 4) is 0 Å². The lowest BCUT2D eigenvalue weighted by atomic mass is 10.1. The number of aryl methyl sites for hydroxylation is 1. The average molecular weight is 417 g/mol. The van der Waals surface area contributed by atoms with E-state index in [4.69, 9.17) is 0 Å². The van der Waals surface area contributed by atoms with Crippen LogP contribution < -0.4 is 10.6 Å². The summed E-state index contributed by atoms with van der Waals surface area (Å²) in [6.45, 7) is 1.08. The van der Waals surface area contributed by atoms with Crippen molar-refractivity contribution in [2.75, 3.05) is 23.7 Å². The lowest BCUT2D eigenvalue weighted by Gasteiger charge is -2.32. The maximum absolute atomic E-state index is 12.6. The molecule has 1 aliphatic heterocycles. The van der Waals surface area contributed by atoms with E-state index in [1.165, 1.54) is 0 Å². The van der Waals surface area contributed by atoms with Crippen LogP contribution in [0.3, 0.4) is 0 Å². The number of nitrogens with zero attached hydrogens (tertiary/aromatic N) is 5. The second-order valence-electron chi connectivity index (χ2n) is 7.75. The van der Waals surface area contributed by atoms with Gasteiger partial charge in [0.25, 0.3) is 0 Å². The fourth-order valence-corrected chi connectivity index (χ4v) is 5.71. The Kier molecular flexibility index (Phi) is 4.43. The number of aromatic nitrogens is 5. The van der Waals surface area contributed by atoms with Gasteiger partial charge in [0.05, 0.1) is 22.5 Å². The summed E-state index contributed by atoms with van der Waals surface area (Å²) in [4.78, 5) is 12.3. The second kappa shape index (κ2) is 6.99. The van der Waals surface area contributed by atoms with Crippen LogP contribution in [0.2, 0.25) is 0 Å². The van der Waals surface area contributed by atoms with E-state index in [0.29, 0.717) is 30.5 Å². The Morgan fingerprint density at radius 2 is 2.10 bits per heavy atom. The third-order valence-corrected chi connectivity index (χ3v) is 7.77. The summed E-state index contributed by atoms with van der Waals surface area (Å²) in [5, 5.41) is 11.5. The molecule has 10 nitrogen and oxygen atoms in total. The summed E-state index contributed by atoms with van der Waals surface area (Å²) in [6, 6.07) is 1.93. The zero-order valence-corrected chi connectivity index (χ0v) is 17.0. The van der Waals surface area contributed by atoms with Crippen molar-refractivity contribution in [3.05, 3.63) is 24.7 Å². The van der Waals surface area contributed by atoms with Gasteiger partial charge in [-0.15, -0.1) is 0 Å². The first-order chi connectivity index (χ1) is 14.0. The molecule has 0 bridgehead atoms. The first kappa shape index (κ1) is 18.4. The van der Waals surface area contributed by atoms with Crippen molar-refractivity contribution in [2.24, 2.45) is 7.05 Å². The number of anilines is 3. The number of H-pyrrole nitrogens is 1. The van der Waals surface area contributed by atoms with Crippen molar-refractivity contribution in [1.29, 1.82) is 0 Å². The van der Waals surface area contributed by atoms with Gasteiger partial charge >= 0.3 is 0 Å². The van der Waals surface area contributed by atoms with Gasteiger partial charge in [-0.1, -0.05) is 0 Å². The van der Waals surface area contributed by atoms with Gasteiger partial charge in [0.15, 0.2) is 0 Å². The van der Waals surface area contributed by atoms with Gasteiger partial charge in [-0.3, -0.25) is 4.68 Å². The molecule has 2 aliphatic rings. The molecule has 29 heavy (non-hydrogen) atoms. The highest BCUT2D eigenvalue weighted by molar-refractivity contribution is 7.90. The minimum absolute atomic E-state index is 0.0107. The Balaban J connectivity index is 1.38. The molecule has 3 aromatic heterocycles. The van der Waals surface area contributed by atoms with Gasteiger partial charge in [0.2, 0.25) is 16.0 Å². The lowest BCUT2D eigenvalue weighted by Crippen LogP contribution is -2.46. The lowest BCUT2D eigenvalue weighted by molar-refractivity contribution is 0.326. The van der Waals surface area contributed by atoms with Gasteiger partial charge in [0, 0.05) is 38.6 Å². The van der Waals surface area contributed by atoms with Crippen LogP contribution in [-0.2, 0) is 17.1 Å². The maximum atomic E-state index is 12.6. The molecular formula is C18H24N8O2S. The Morgan fingerprint density at radius 1 is 1.24 bits per heavy atom. The summed E-state index contributed by atoms with van der Waals surface area (Å²) in [5.41, 5.74) is 1.51. The minimum atomic E-state index is -3.16. The molecule has 0 aromatic carbocycles.